The number of anilines is 3. The van der Waals surface area contributed by atoms with Gasteiger partial charge < -0.3 is 80.3 Å². The fourth-order valence-electron chi connectivity index (χ4n) is 10.1. The molecule has 9 amide bonds. The molecule has 6 rings (SSSR count). The van der Waals surface area contributed by atoms with Crippen molar-refractivity contribution < 1.29 is 86.3 Å². The van der Waals surface area contributed by atoms with Gasteiger partial charge in [-0.05, 0) is 103 Å². The van der Waals surface area contributed by atoms with Crippen LogP contribution in [0.2, 0.25) is 5.02 Å². The highest BCUT2D eigenvalue weighted by Crippen LogP contribution is 2.49. The normalized spacial score (nSPS) is 24.3. The largest absolute Gasteiger partial charge is 0.495 e. The van der Waals surface area contributed by atoms with Crippen LogP contribution in [0.5, 0.6) is 5.75 Å². The molecule has 4 bridgehead atoms. The lowest BCUT2D eigenvalue weighted by molar-refractivity contribution is -0.198. The Bertz CT molecular complexity index is 3020. The van der Waals surface area contributed by atoms with Gasteiger partial charge in [-0.25, -0.2) is 19.2 Å². The molecule has 0 spiro atoms. The molecule has 0 saturated carbocycles. The number of primary amides is 1. The number of imide groups is 1. The standard InChI is InChI=1S/C58H78BrClN10O18S/c1-31(2)49(67-54(89)63-20-22-84-24-23-83-21-18-47(74)88-70-44(71)16-17-45(70)72)52(76)65-38(12-10-19-62-53(61)77)51(75)64-35-14-15-37(36(59)28-35)66-55(78)86-43-29-46(73)69(6)39-26-34(27-40(81-7)48(39)60)25-32(3)11-9-13-42(82-8)58(80)30-41(85-56(79)68-58)33(4)50-57(43,5)87-50/h9,11,13-15,26-28,31,33,38,41-43,49-50,80H,10,12,16-25,29-30H2,1-8H3,(H,64,75)(H,65,76)(H,66,78)(H,68,79)(H3,61,62,77)(H2,63,67,89)/b13-9+,32-11+/t33-,38+,41+,42-,43+,49+,50+,57+,58+/m1/s1. The molecule has 28 nitrogen and oxygen atoms in total. The number of epoxide rings is 1. The Morgan fingerprint density at radius 3 is 2.33 bits per heavy atom. The van der Waals surface area contributed by atoms with Crippen molar-refractivity contribution in [2.45, 2.75) is 134 Å². The summed E-state index contributed by atoms with van der Waals surface area (Å²) in [6.45, 7) is 9.66. The number of thiocarbonyl (C=S) groups is 1. The van der Waals surface area contributed by atoms with Gasteiger partial charge in [-0.15, -0.1) is 5.06 Å². The maximum Gasteiger partial charge on any atom is 0.412 e. The minimum atomic E-state index is -1.91. The third-order valence-electron chi connectivity index (χ3n) is 15.1. The molecule has 9 atom stereocenters. The zero-order valence-corrected chi connectivity index (χ0v) is 53.8. The topological polar surface area (TPSA) is 368 Å². The zero-order valence-electron chi connectivity index (χ0n) is 50.7. The second-order valence-corrected chi connectivity index (χ2v) is 23.8. The first-order chi connectivity index (χ1) is 42.2. The Hall–Kier alpha value is -7.19. The summed E-state index contributed by atoms with van der Waals surface area (Å²) >= 11 is 15.8. The van der Waals surface area contributed by atoms with Crippen LogP contribution in [-0.4, -0.2) is 178 Å². The Labute approximate surface area is 533 Å². The molecule has 2 aromatic rings. The maximum absolute atomic E-state index is 14.5. The summed E-state index contributed by atoms with van der Waals surface area (Å²) in [6.07, 6.45) is -0.778. The van der Waals surface area contributed by atoms with Gasteiger partial charge in [-0.3, -0.25) is 34.6 Å². The van der Waals surface area contributed by atoms with Crippen LogP contribution in [0.4, 0.5) is 31.4 Å². The first-order valence-corrected chi connectivity index (χ1v) is 30.3. The average Bonchev–Trinajstić information content (AvgIpc) is 1.59. The quantitative estimate of drug-likeness (QED) is 0.0302. The number of alkyl carbamates (subject to hydrolysis) is 1. The van der Waals surface area contributed by atoms with Crippen LogP contribution in [0.1, 0.15) is 85.1 Å². The van der Waals surface area contributed by atoms with Crippen molar-refractivity contribution in [3.8, 4) is 5.75 Å². The number of ether oxygens (including phenoxy) is 7. The van der Waals surface area contributed by atoms with E-state index in [9.17, 15) is 48.3 Å². The lowest BCUT2D eigenvalue weighted by Gasteiger charge is -2.42. The predicted octanol–water partition coefficient (Wildman–Crippen LogP) is 4.53. The van der Waals surface area contributed by atoms with Crippen molar-refractivity contribution in [3.05, 3.63) is 69.2 Å². The van der Waals surface area contributed by atoms with E-state index in [1.165, 1.54) is 44.4 Å². The van der Waals surface area contributed by atoms with Gasteiger partial charge in [0.05, 0.1) is 63.9 Å². The Morgan fingerprint density at radius 2 is 1.66 bits per heavy atom. The molecule has 31 heteroatoms. The first-order valence-electron chi connectivity index (χ1n) is 28.7. The monoisotopic (exact) mass is 1350 g/mol. The summed E-state index contributed by atoms with van der Waals surface area (Å²) in [6, 6.07) is 5.14. The molecule has 0 aliphatic carbocycles. The number of rotatable bonds is 24. The van der Waals surface area contributed by atoms with Gasteiger partial charge in [-0.2, -0.15) is 0 Å². The van der Waals surface area contributed by atoms with Crippen molar-refractivity contribution in [1.82, 2.24) is 31.6 Å². The molecule has 3 saturated heterocycles. The number of nitrogens with zero attached hydrogens (tertiary/aromatic N) is 2. The molecule has 4 aliphatic heterocycles. The van der Waals surface area contributed by atoms with Crippen LogP contribution in [0.25, 0.3) is 0 Å². The number of hydrogen-bond acceptors (Lipinski definition) is 19. The molecule has 89 heavy (non-hydrogen) atoms. The van der Waals surface area contributed by atoms with Crippen molar-refractivity contribution >= 4 is 116 Å². The molecule has 4 aliphatic rings. The van der Waals surface area contributed by atoms with E-state index in [0.717, 1.165) is 11.1 Å². The molecule has 4 heterocycles. The number of hydroxylamine groups is 2. The Morgan fingerprint density at radius 1 is 0.955 bits per heavy atom. The highest BCUT2D eigenvalue weighted by atomic mass is 79.9. The van der Waals surface area contributed by atoms with Gasteiger partial charge >= 0.3 is 24.2 Å². The lowest BCUT2D eigenvalue weighted by Crippen LogP contribution is -2.63. The number of urea groups is 1. The summed E-state index contributed by atoms with van der Waals surface area (Å²) in [4.78, 5) is 122. The number of nitrogens with two attached hydrogens (primary N) is 1. The van der Waals surface area contributed by atoms with Gasteiger partial charge in [0.15, 0.2) is 10.8 Å². The summed E-state index contributed by atoms with van der Waals surface area (Å²) in [5.74, 6) is -4.29. The van der Waals surface area contributed by atoms with Gasteiger partial charge in [0, 0.05) is 62.6 Å². The smallest absolute Gasteiger partial charge is 0.412 e. The van der Waals surface area contributed by atoms with E-state index < -0.39 is 114 Å². The predicted molar refractivity (Wildman–Crippen MR) is 330 cm³/mol. The third-order valence-corrected chi connectivity index (χ3v) is 16.4. The molecule has 0 unspecified atom stereocenters. The van der Waals surface area contributed by atoms with E-state index in [2.05, 4.69) is 53.1 Å². The van der Waals surface area contributed by atoms with Gasteiger partial charge in [0.1, 0.15) is 46.8 Å². The zero-order chi connectivity index (χ0) is 65.3. The molecule has 2 aromatic carbocycles. The van der Waals surface area contributed by atoms with E-state index in [4.69, 9.17) is 67.5 Å². The first kappa shape index (κ1) is 70.9. The van der Waals surface area contributed by atoms with Crippen molar-refractivity contribution in [1.29, 1.82) is 0 Å². The summed E-state index contributed by atoms with van der Waals surface area (Å²) in [5, 5.41) is 31.9. The number of methoxy groups -OCH3 is 2. The number of aliphatic hydroxyl groups is 1. The van der Waals surface area contributed by atoms with Crippen molar-refractivity contribution in [3.63, 3.8) is 0 Å². The number of carbonyl (C=O) groups is 9. The number of allylic oxidation sites excluding steroid dienone is 3. The molecular formula is C58H78BrClN10O18S. The fourth-order valence-corrected chi connectivity index (χ4v) is 11.1. The van der Waals surface area contributed by atoms with Gasteiger partial charge in [0.2, 0.25) is 17.7 Å². The van der Waals surface area contributed by atoms with E-state index in [-0.39, 0.29) is 110 Å². The van der Waals surface area contributed by atoms with Gasteiger partial charge in [-0.1, -0.05) is 56.2 Å². The van der Waals surface area contributed by atoms with Gasteiger partial charge in [0.25, 0.3) is 11.8 Å². The minimum Gasteiger partial charge on any atom is -0.495 e. The van der Waals surface area contributed by atoms with Crippen LogP contribution in [0.3, 0.4) is 0 Å². The maximum atomic E-state index is 14.5. The number of benzene rings is 2. The highest BCUT2D eigenvalue weighted by molar-refractivity contribution is 9.10. The number of carbonyl (C=O) groups excluding carboxylic acids is 9. The number of amides is 9. The summed E-state index contributed by atoms with van der Waals surface area (Å²) in [5.41, 5.74) is 4.40. The number of halogens is 2. The fraction of sp³-hybridized carbons (Fsp3) is 0.552. The van der Waals surface area contributed by atoms with E-state index in [0.29, 0.717) is 22.9 Å². The van der Waals surface area contributed by atoms with Crippen LogP contribution >= 0.6 is 39.7 Å². The third kappa shape index (κ3) is 19.9. The molecule has 3 fully saturated rings. The van der Waals surface area contributed by atoms with Crippen LogP contribution in [0.15, 0.2) is 58.6 Å². The summed E-state index contributed by atoms with van der Waals surface area (Å²) in [7, 11) is 4.39. The Kier molecular flexibility index (Phi) is 25.9. The number of fused-ring (bicyclic) bond motifs is 5. The molecule has 488 valence electrons. The van der Waals surface area contributed by atoms with E-state index >= 15 is 0 Å². The lowest BCUT2D eigenvalue weighted by atomic mass is 9.83. The number of nitrogens with one attached hydrogen (secondary N) is 7. The van der Waals surface area contributed by atoms with Crippen molar-refractivity contribution in [2.24, 2.45) is 17.6 Å². The SMILES string of the molecule is COc1cc2cc(c1Cl)N(C)C(=O)C[C@H](OC(=O)Nc1ccc(NC(=O)[C@H](CCCNC(N)=O)NC(=O)[C@@H](NC(=S)NCCOCCOCCC(=O)ON3C(=O)CCC3=O)C(C)C)cc1Br)[C@]1(C)O[C@H]1[C@H](C)[C@@H]1C[C@@](O)(NC(=O)O1)[C@H](OC)/C=C/C=C(\C)C2. The van der Waals surface area contributed by atoms with Crippen LogP contribution in [0, 0.1) is 11.8 Å². The van der Waals surface area contributed by atoms with Crippen LogP contribution in [-0.2, 0) is 68.4 Å². The molecular weight excluding hydrogens is 1270 g/mol. The molecule has 0 aromatic heterocycles. The van der Waals surface area contributed by atoms with E-state index in [1.807, 2.05) is 13.0 Å². The number of hydrogen-bond donors (Lipinski definition) is 9. The minimum absolute atomic E-state index is 0.0100. The molecule has 0 radical (unpaired) electrons. The van der Waals surface area contributed by atoms with Crippen LogP contribution < -0.4 is 52.6 Å². The molecule has 10 N–H and O–H groups in total. The second-order valence-electron chi connectivity index (χ2n) is 22.1. The second kappa shape index (κ2) is 32.5. The summed E-state index contributed by atoms with van der Waals surface area (Å²) < 4.78 is 40.6. The average molecular weight is 1350 g/mol. The highest BCUT2D eigenvalue weighted by Gasteiger charge is 2.64. The van der Waals surface area contributed by atoms with E-state index in [1.54, 1.807) is 52.0 Å². The Balaban J connectivity index is 1.09. The van der Waals surface area contributed by atoms with Crippen molar-refractivity contribution in [2.75, 3.05) is 76.3 Å².